The molecule has 0 aliphatic carbocycles. The molecular formula is C20H33N3OS. The Kier molecular flexibility index (Phi) is 9.19. The summed E-state index contributed by atoms with van der Waals surface area (Å²) in [5, 5.41) is 3.48. The van der Waals surface area contributed by atoms with Crippen LogP contribution in [-0.2, 0) is 10.5 Å². The minimum Gasteiger partial charge on any atom is -0.381 e. The van der Waals surface area contributed by atoms with Gasteiger partial charge in [-0.05, 0) is 37.7 Å². The van der Waals surface area contributed by atoms with E-state index in [9.17, 15) is 0 Å². The number of rotatable bonds is 8. The van der Waals surface area contributed by atoms with Gasteiger partial charge in [0.2, 0.25) is 0 Å². The van der Waals surface area contributed by atoms with Crippen molar-refractivity contribution >= 4 is 17.7 Å². The van der Waals surface area contributed by atoms with E-state index in [1.165, 1.54) is 30.4 Å². The molecule has 1 aliphatic heterocycles. The van der Waals surface area contributed by atoms with Gasteiger partial charge in [0, 0.05) is 51.9 Å². The standard InChI is InChI=1S/C20H33N3OS/c1-17-4-6-19(7-5-17)16-25-15-11-22-20(21-2)23(3)12-8-18-9-13-24-14-10-18/h4-7,18H,8-16H2,1-3H3,(H,21,22). The summed E-state index contributed by atoms with van der Waals surface area (Å²) < 4.78 is 5.44. The first-order chi connectivity index (χ1) is 12.2. The molecule has 1 saturated heterocycles. The molecule has 1 N–H and O–H groups in total. The van der Waals surface area contributed by atoms with E-state index in [0.717, 1.165) is 49.7 Å². The minimum absolute atomic E-state index is 0.805. The van der Waals surface area contributed by atoms with E-state index in [0.29, 0.717) is 0 Å². The Morgan fingerprint density at radius 2 is 2.00 bits per heavy atom. The van der Waals surface area contributed by atoms with Gasteiger partial charge in [-0.15, -0.1) is 0 Å². The van der Waals surface area contributed by atoms with Gasteiger partial charge < -0.3 is 15.0 Å². The normalized spacial score (nSPS) is 16.0. The lowest BCUT2D eigenvalue weighted by atomic mass is 9.96. The number of thioether (sulfide) groups is 1. The van der Waals surface area contributed by atoms with E-state index in [-0.39, 0.29) is 0 Å². The first-order valence-electron chi connectivity index (χ1n) is 9.32. The van der Waals surface area contributed by atoms with E-state index >= 15 is 0 Å². The molecule has 0 amide bonds. The Labute approximate surface area is 157 Å². The van der Waals surface area contributed by atoms with Crippen molar-refractivity contribution in [1.82, 2.24) is 10.2 Å². The monoisotopic (exact) mass is 363 g/mol. The van der Waals surface area contributed by atoms with Crippen molar-refractivity contribution in [3.63, 3.8) is 0 Å². The van der Waals surface area contributed by atoms with Gasteiger partial charge in [-0.1, -0.05) is 29.8 Å². The van der Waals surface area contributed by atoms with Crippen LogP contribution in [0.15, 0.2) is 29.3 Å². The summed E-state index contributed by atoms with van der Waals surface area (Å²) in [6.07, 6.45) is 3.63. The Bertz CT molecular complexity index is 512. The van der Waals surface area contributed by atoms with Crippen molar-refractivity contribution in [2.45, 2.75) is 31.9 Å². The minimum atomic E-state index is 0.805. The summed E-state index contributed by atoms with van der Waals surface area (Å²) in [7, 11) is 4.00. The third-order valence-electron chi connectivity index (χ3n) is 4.71. The van der Waals surface area contributed by atoms with Crippen LogP contribution in [0.1, 0.15) is 30.4 Å². The first-order valence-corrected chi connectivity index (χ1v) is 10.5. The van der Waals surface area contributed by atoms with Crippen molar-refractivity contribution in [2.24, 2.45) is 10.9 Å². The van der Waals surface area contributed by atoms with Gasteiger partial charge in [0.15, 0.2) is 5.96 Å². The lowest BCUT2D eigenvalue weighted by molar-refractivity contribution is 0.0625. The number of hydrogen-bond acceptors (Lipinski definition) is 3. The molecule has 1 aromatic rings. The van der Waals surface area contributed by atoms with E-state index in [2.05, 4.69) is 53.4 Å². The van der Waals surface area contributed by atoms with Crippen LogP contribution in [0.2, 0.25) is 0 Å². The number of nitrogens with one attached hydrogen (secondary N) is 1. The summed E-state index contributed by atoms with van der Waals surface area (Å²) in [4.78, 5) is 6.66. The Morgan fingerprint density at radius 1 is 1.28 bits per heavy atom. The van der Waals surface area contributed by atoms with Crippen LogP contribution in [-0.4, -0.2) is 57.0 Å². The third-order valence-corrected chi connectivity index (χ3v) is 5.74. The third kappa shape index (κ3) is 7.70. The summed E-state index contributed by atoms with van der Waals surface area (Å²) in [6, 6.07) is 8.81. The zero-order valence-electron chi connectivity index (χ0n) is 16.0. The zero-order valence-corrected chi connectivity index (χ0v) is 16.8. The average Bonchev–Trinajstić information content (AvgIpc) is 2.65. The van der Waals surface area contributed by atoms with Gasteiger partial charge in [0.1, 0.15) is 0 Å². The predicted octanol–water partition coefficient (Wildman–Crippen LogP) is 3.55. The highest BCUT2D eigenvalue weighted by Crippen LogP contribution is 2.18. The molecule has 1 heterocycles. The largest absolute Gasteiger partial charge is 0.381 e. The highest BCUT2D eigenvalue weighted by molar-refractivity contribution is 7.98. The van der Waals surface area contributed by atoms with Crippen LogP contribution in [0.3, 0.4) is 0 Å². The molecular weight excluding hydrogens is 330 g/mol. The van der Waals surface area contributed by atoms with Crippen molar-refractivity contribution < 1.29 is 4.74 Å². The summed E-state index contributed by atoms with van der Waals surface area (Å²) in [5.74, 6) is 3.96. The van der Waals surface area contributed by atoms with Gasteiger partial charge in [-0.25, -0.2) is 0 Å². The molecule has 1 aliphatic rings. The number of hydrogen-bond donors (Lipinski definition) is 1. The number of guanidine groups is 1. The van der Waals surface area contributed by atoms with Crippen molar-refractivity contribution in [2.75, 3.05) is 46.2 Å². The van der Waals surface area contributed by atoms with E-state index < -0.39 is 0 Å². The van der Waals surface area contributed by atoms with Crippen molar-refractivity contribution in [3.05, 3.63) is 35.4 Å². The lowest BCUT2D eigenvalue weighted by Crippen LogP contribution is -2.41. The SMILES string of the molecule is CN=C(NCCSCc1ccc(C)cc1)N(C)CCC1CCOCC1. The topological polar surface area (TPSA) is 36.9 Å². The fraction of sp³-hybridized carbons (Fsp3) is 0.650. The summed E-state index contributed by atoms with van der Waals surface area (Å²) >= 11 is 1.96. The molecule has 0 saturated carbocycles. The van der Waals surface area contributed by atoms with E-state index in [1.807, 2.05) is 18.8 Å². The molecule has 140 valence electrons. The molecule has 1 aromatic carbocycles. The van der Waals surface area contributed by atoms with Crippen LogP contribution < -0.4 is 5.32 Å². The first kappa shape index (κ1) is 20.1. The number of aliphatic imine (C=N–C) groups is 1. The van der Waals surface area contributed by atoms with Crippen molar-refractivity contribution in [1.29, 1.82) is 0 Å². The van der Waals surface area contributed by atoms with E-state index in [1.54, 1.807) is 0 Å². The molecule has 1 fully saturated rings. The maximum absolute atomic E-state index is 5.44. The maximum atomic E-state index is 5.44. The highest BCUT2D eigenvalue weighted by Gasteiger charge is 2.15. The van der Waals surface area contributed by atoms with Gasteiger partial charge in [0.25, 0.3) is 0 Å². The second kappa shape index (κ2) is 11.4. The molecule has 0 unspecified atom stereocenters. The zero-order chi connectivity index (χ0) is 17.9. The van der Waals surface area contributed by atoms with Gasteiger partial charge in [-0.2, -0.15) is 11.8 Å². The van der Waals surface area contributed by atoms with Gasteiger partial charge >= 0.3 is 0 Å². The fourth-order valence-corrected chi connectivity index (χ4v) is 3.83. The fourth-order valence-electron chi connectivity index (χ4n) is 3.01. The molecule has 0 aromatic heterocycles. The lowest BCUT2D eigenvalue weighted by Gasteiger charge is -2.26. The molecule has 25 heavy (non-hydrogen) atoms. The molecule has 0 spiro atoms. The predicted molar refractivity (Wildman–Crippen MR) is 109 cm³/mol. The van der Waals surface area contributed by atoms with E-state index in [4.69, 9.17) is 4.74 Å². The molecule has 2 rings (SSSR count). The number of aryl methyl sites for hydroxylation is 1. The number of nitrogens with zero attached hydrogens (tertiary/aromatic N) is 2. The van der Waals surface area contributed by atoms with Crippen LogP contribution in [0, 0.1) is 12.8 Å². The number of ether oxygens (including phenoxy) is 1. The second-order valence-electron chi connectivity index (χ2n) is 6.78. The Morgan fingerprint density at radius 3 is 2.68 bits per heavy atom. The Balaban J connectivity index is 1.59. The maximum Gasteiger partial charge on any atom is 0.193 e. The quantitative estimate of drug-likeness (QED) is 0.435. The molecule has 4 nitrogen and oxygen atoms in total. The van der Waals surface area contributed by atoms with Gasteiger partial charge in [-0.3, -0.25) is 4.99 Å². The summed E-state index contributed by atoms with van der Waals surface area (Å²) in [5.41, 5.74) is 2.72. The molecule has 0 atom stereocenters. The van der Waals surface area contributed by atoms with Crippen LogP contribution in [0.25, 0.3) is 0 Å². The van der Waals surface area contributed by atoms with Crippen molar-refractivity contribution in [3.8, 4) is 0 Å². The second-order valence-corrected chi connectivity index (χ2v) is 7.88. The van der Waals surface area contributed by atoms with Gasteiger partial charge in [0.05, 0.1) is 0 Å². The van der Waals surface area contributed by atoms with Crippen LogP contribution in [0.5, 0.6) is 0 Å². The Hall–Kier alpha value is -1.20. The van der Waals surface area contributed by atoms with Crippen LogP contribution >= 0.6 is 11.8 Å². The average molecular weight is 364 g/mol. The number of benzene rings is 1. The summed E-state index contributed by atoms with van der Waals surface area (Å²) in [6.45, 7) is 6.00. The van der Waals surface area contributed by atoms with Crippen LogP contribution in [0.4, 0.5) is 0 Å². The molecule has 0 bridgehead atoms. The smallest absolute Gasteiger partial charge is 0.193 e. The molecule has 5 heteroatoms. The highest BCUT2D eigenvalue weighted by atomic mass is 32.2. The molecule has 0 radical (unpaired) electrons.